The van der Waals surface area contributed by atoms with Gasteiger partial charge in [0.15, 0.2) is 0 Å². The highest BCUT2D eigenvalue weighted by Crippen LogP contribution is 2.31. The first-order valence-electron chi connectivity index (χ1n) is 7.23. The van der Waals surface area contributed by atoms with E-state index in [-0.39, 0.29) is 21.6 Å². The van der Waals surface area contributed by atoms with E-state index in [4.69, 9.17) is 33.7 Å². The SMILES string of the molecule is COc1ccc(-c2[nH]ncc2C(=O)Nc2cc(Cl)c(N)c(Cl)c2)cc1. The molecule has 0 bridgehead atoms. The number of nitrogens with two attached hydrogens (primary N) is 1. The van der Waals surface area contributed by atoms with Crippen molar-refractivity contribution in [1.82, 2.24) is 10.2 Å². The normalized spacial score (nSPS) is 10.5. The Balaban J connectivity index is 1.87. The Bertz CT molecular complexity index is 900. The van der Waals surface area contributed by atoms with Gasteiger partial charge in [0, 0.05) is 11.3 Å². The van der Waals surface area contributed by atoms with Crippen LogP contribution in [0, 0.1) is 0 Å². The maximum Gasteiger partial charge on any atom is 0.259 e. The first-order valence-corrected chi connectivity index (χ1v) is 7.99. The minimum atomic E-state index is -0.350. The van der Waals surface area contributed by atoms with Gasteiger partial charge in [-0.05, 0) is 36.4 Å². The van der Waals surface area contributed by atoms with E-state index < -0.39 is 0 Å². The Kier molecular flexibility index (Phi) is 4.83. The van der Waals surface area contributed by atoms with Crippen LogP contribution in [0.4, 0.5) is 11.4 Å². The molecule has 25 heavy (non-hydrogen) atoms. The highest BCUT2D eigenvalue weighted by Gasteiger charge is 2.16. The summed E-state index contributed by atoms with van der Waals surface area (Å²) in [5.74, 6) is 0.372. The molecule has 128 valence electrons. The molecule has 0 spiro atoms. The zero-order valence-electron chi connectivity index (χ0n) is 13.1. The molecule has 2 aromatic carbocycles. The van der Waals surface area contributed by atoms with Crippen molar-refractivity contribution in [2.45, 2.75) is 0 Å². The first kappa shape index (κ1) is 17.1. The Labute approximate surface area is 153 Å². The van der Waals surface area contributed by atoms with E-state index in [0.29, 0.717) is 16.9 Å². The number of halogens is 2. The number of carbonyl (C=O) groups is 1. The molecule has 0 aliphatic heterocycles. The number of aromatic nitrogens is 2. The summed E-state index contributed by atoms with van der Waals surface area (Å²) in [7, 11) is 1.59. The standard InChI is InChI=1S/C17H14Cl2N4O2/c1-25-11-4-2-9(3-5-11)16-12(8-21-23-16)17(24)22-10-6-13(18)15(20)14(19)7-10/h2-8H,20H2,1H3,(H,21,23)(H,22,24). The number of rotatable bonds is 4. The lowest BCUT2D eigenvalue weighted by atomic mass is 10.1. The van der Waals surface area contributed by atoms with Crippen LogP contribution in [0.15, 0.2) is 42.6 Å². The van der Waals surface area contributed by atoms with Crippen molar-refractivity contribution < 1.29 is 9.53 Å². The topological polar surface area (TPSA) is 93.0 Å². The molecule has 0 unspecified atom stereocenters. The van der Waals surface area contributed by atoms with Gasteiger partial charge in [0.25, 0.3) is 5.91 Å². The molecule has 1 heterocycles. The third-order valence-electron chi connectivity index (χ3n) is 3.60. The van der Waals surface area contributed by atoms with Gasteiger partial charge in [-0.1, -0.05) is 23.2 Å². The fourth-order valence-corrected chi connectivity index (χ4v) is 2.78. The van der Waals surface area contributed by atoms with Crippen LogP contribution in [-0.2, 0) is 0 Å². The monoisotopic (exact) mass is 376 g/mol. The number of aromatic amines is 1. The van der Waals surface area contributed by atoms with Crippen LogP contribution in [0.1, 0.15) is 10.4 Å². The van der Waals surface area contributed by atoms with Crippen molar-refractivity contribution in [2.75, 3.05) is 18.2 Å². The van der Waals surface area contributed by atoms with Gasteiger partial charge in [0.2, 0.25) is 0 Å². The third kappa shape index (κ3) is 3.55. The maximum absolute atomic E-state index is 12.6. The minimum absolute atomic E-state index is 0.267. The van der Waals surface area contributed by atoms with Gasteiger partial charge in [-0.15, -0.1) is 0 Å². The van der Waals surface area contributed by atoms with Crippen molar-refractivity contribution in [3.05, 3.63) is 58.2 Å². The molecule has 0 radical (unpaired) electrons. The number of carbonyl (C=O) groups excluding carboxylic acids is 1. The number of amides is 1. The van der Waals surface area contributed by atoms with Gasteiger partial charge in [0.1, 0.15) is 5.75 Å². The van der Waals surface area contributed by atoms with Gasteiger partial charge in [-0.25, -0.2) is 0 Å². The summed E-state index contributed by atoms with van der Waals surface area (Å²) in [5, 5.41) is 10.1. The molecule has 8 heteroatoms. The molecule has 0 fully saturated rings. The lowest BCUT2D eigenvalue weighted by Crippen LogP contribution is -2.12. The molecule has 0 saturated carbocycles. The quantitative estimate of drug-likeness (QED) is 0.594. The number of hydrogen-bond donors (Lipinski definition) is 3. The summed E-state index contributed by atoms with van der Waals surface area (Å²) in [6, 6.07) is 10.3. The van der Waals surface area contributed by atoms with Crippen LogP contribution >= 0.6 is 23.2 Å². The lowest BCUT2D eigenvalue weighted by molar-refractivity contribution is 0.102. The Morgan fingerprint density at radius 3 is 2.44 bits per heavy atom. The molecule has 0 aliphatic carbocycles. The minimum Gasteiger partial charge on any atom is -0.497 e. The smallest absolute Gasteiger partial charge is 0.259 e. The lowest BCUT2D eigenvalue weighted by Gasteiger charge is -2.09. The van der Waals surface area contributed by atoms with E-state index in [2.05, 4.69) is 15.5 Å². The molecule has 1 amide bonds. The zero-order valence-corrected chi connectivity index (χ0v) is 14.7. The highest BCUT2D eigenvalue weighted by atomic mass is 35.5. The van der Waals surface area contributed by atoms with E-state index in [9.17, 15) is 4.79 Å². The third-order valence-corrected chi connectivity index (χ3v) is 4.23. The van der Waals surface area contributed by atoms with Crippen molar-refractivity contribution in [1.29, 1.82) is 0 Å². The van der Waals surface area contributed by atoms with Crippen LogP contribution < -0.4 is 15.8 Å². The molecule has 4 N–H and O–H groups in total. The summed E-state index contributed by atoms with van der Waals surface area (Å²) >= 11 is 12.0. The van der Waals surface area contributed by atoms with Crippen LogP contribution in [0.2, 0.25) is 10.0 Å². The second kappa shape index (κ2) is 7.04. The predicted octanol–water partition coefficient (Wildman–Crippen LogP) is 4.23. The fourth-order valence-electron chi connectivity index (χ4n) is 2.29. The second-order valence-electron chi connectivity index (χ2n) is 5.19. The molecule has 0 aliphatic rings. The van der Waals surface area contributed by atoms with Gasteiger partial charge in [-0.2, -0.15) is 5.10 Å². The second-order valence-corrected chi connectivity index (χ2v) is 6.01. The maximum atomic E-state index is 12.6. The predicted molar refractivity (Wildman–Crippen MR) is 99.4 cm³/mol. The summed E-state index contributed by atoms with van der Waals surface area (Å²) in [5.41, 5.74) is 8.18. The van der Waals surface area contributed by atoms with Gasteiger partial charge >= 0.3 is 0 Å². The molecule has 0 saturated heterocycles. The number of hydrogen-bond acceptors (Lipinski definition) is 4. The molecule has 3 aromatic rings. The summed E-state index contributed by atoms with van der Waals surface area (Å²) in [6.45, 7) is 0. The fraction of sp³-hybridized carbons (Fsp3) is 0.0588. The zero-order chi connectivity index (χ0) is 18.0. The molecular formula is C17H14Cl2N4O2. The van der Waals surface area contributed by atoms with Crippen molar-refractivity contribution in [3.8, 4) is 17.0 Å². The molecular weight excluding hydrogens is 363 g/mol. The summed E-state index contributed by atoms with van der Waals surface area (Å²) < 4.78 is 5.13. The Morgan fingerprint density at radius 2 is 1.84 bits per heavy atom. The number of H-pyrrole nitrogens is 1. The van der Waals surface area contributed by atoms with Crippen LogP contribution in [0.5, 0.6) is 5.75 Å². The number of ether oxygens (including phenoxy) is 1. The van der Waals surface area contributed by atoms with Crippen LogP contribution in [0.3, 0.4) is 0 Å². The molecule has 0 atom stereocenters. The van der Waals surface area contributed by atoms with E-state index in [1.165, 1.54) is 18.3 Å². The van der Waals surface area contributed by atoms with E-state index in [1.54, 1.807) is 19.2 Å². The number of nitrogen functional groups attached to an aromatic ring is 1. The molecule has 1 aromatic heterocycles. The Hall–Kier alpha value is -2.70. The number of methoxy groups -OCH3 is 1. The largest absolute Gasteiger partial charge is 0.497 e. The first-order chi connectivity index (χ1) is 12.0. The average Bonchev–Trinajstić information content (AvgIpc) is 3.09. The van der Waals surface area contributed by atoms with E-state index >= 15 is 0 Å². The average molecular weight is 377 g/mol. The van der Waals surface area contributed by atoms with E-state index in [0.717, 1.165) is 11.3 Å². The van der Waals surface area contributed by atoms with Gasteiger partial charge < -0.3 is 15.8 Å². The van der Waals surface area contributed by atoms with E-state index in [1.807, 2.05) is 12.1 Å². The molecule has 3 rings (SSSR count). The van der Waals surface area contributed by atoms with Crippen molar-refractivity contribution >= 4 is 40.5 Å². The van der Waals surface area contributed by atoms with Crippen molar-refractivity contribution in [3.63, 3.8) is 0 Å². The van der Waals surface area contributed by atoms with Crippen LogP contribution in [-0.4, -0.2) is 23.2 Å². The number of nitrogens with one attached hydrogen (secondary N) is 2. The Morgan fingerprint density at radius 1 is 1.20 bits per heavy atom. The van der Waals surface area contributed by atoms with Crippen LogP contribution in [0.25, 0.3) is 11.3 Å². The number of nitrogens with zero attached hydrogens (tertiary/aromatic N) is 1. The highest BCUT2D eigenvalue weighted by molar-refractivity contribution is 6.39. The summed E-state index contributed by atoms with van der Waals surface area (Å²) in [4.78, 5) is 12.6. The van der Waals surface area contributed by atoms with Gasteiger partial charge in [-0.3, -0.25) is 9.89 Å². The number of benzene rings is 2. The van der Waals surface area contributed by atoms with Gasteiger partial charge in [0.05, 0.1) is 40.3 Å². The molecule has 6 nitrogen and oxygen atoms in total. The summed E-state index contributed by atoms with van der Waals surface area (Å²) in [6.07, 6.45) is 1.45. The van der Waals surface area contributed by atoms with Crippen molar-refractivity contribution in [2.24, 2.45) is 0 Å². The number of anilines is 2.